The van der Waals surface area contributed by atoms with Crippen molar-refractivity contribution in [3.63, 3.8) is 0 Å². The van der Waals surface area contributed by atoms with Gasteiger partial charge < -0.3 is 28.7 Å². The molecular weight excluding hydrogens is 384 g/mol. The summed E-state index contributed by atoms with van der Waals surface area (Å²) in [5.41, 5.74) is 2.24. The molecule has 0 spiro atoms. The molecule has 164 valence electrons. The van der Waals surface area contributed by atoms with E-state index in [0.717, 1.165) is 37.6 Å². The predicted molar refractivity (Wildman–Crippen MR) is 116 cm³/mol. The minimum atomic E-state index is 0.582. The summed E-state index contributed by atoms with van der Waals surface area (Å²) in [6.07, 6.45) is 7.22. The summed E-state index contributed by atoms with van der Waals surface area (Å²) in [5, 5.41) is 0. The Kier molecular flexibility index (Phi) is 10.4. The van der Waals surface area contributed by atoms with Gasteiger partial charge in [-0.3, -0.25) is 9.97 Å². The Morgan fingerprint density at radius 2 is 0.767 bits per heavy atom. The number of hydrogen-bond donors (Lipinski definition) is 0. The van der Waals surface area contributed by atoms with Gasteiger partial charge in [0, 0.05) is 62.3 Å². The van der Waals surface area contributed by atoms with E-state index in [1.54, 1.807) is 24.8 Å². The fourth-order valence-electron chi connectivity index (χ4n) is 3.19. The van der Waals surface area contributed by atoms with E-state index in [1.165, 1.54) is 0 Å². The van der Waals surface area contributed by atoms with E-state index in [4.69, 9.17) is 18.9 Å². The third-order valence-corrected chi connectivity index (χ3v) is 4.82. The molecule has 1 aliphatic rings. The molecule has 0 atom stereocenters. The van der Waals surface area contributed by atoms with E-state index in [9.17, 15) is 0 Å². The second kappa shape index (κ2) is 13.9. The van der Waals surface area contributed by atoms with Crippen LogP contribution in [0.3, 0.4) is 0 Å². The van der Waals surface area contributed by atoms with Crippen LogP contribution >= 0.6 is 0 Å². The largest absolute Gasteiger partial charge is 0.377 e. The van der Waals surface area contributed by atoms with Crippen molar-refractivity contribution in [1.82, 2.24) is 9.97 Å². The van der Waals surface area contributed by atoms with Crippen molar-refractivity contribution in [2.45, 2.75) is 0 Å². The number of aromatic nitrogens is 2. The molecule has 0 saturated carbocycles. The second-order valence-electron chi connectivity index (χ2n) is 6.83. The summed E-state index contributed by atoms with van der Waals surface area (Å²) in [6, 6.07) is 8.03. The molecule has 8 heteroatoms. The lowest BCUT2D eigenvalue weighted by Gasteiger charge is -2.26. The number of pyridine rings is 2. The summed E-state index contributed by atoms with van der Waals surface area (Å²) in [7, 11) is 0. The van der Waals surface area contributed by atoms with Crippen LogP contribution in [0.15, 0.2) is 49.1 Å². The summed E-state index contributed by atoms with van der Waals surface area (Å²) in [6.45, 7) is 8.04. The van der Waals surface area contributed by atoms with Crippen molar-refractivity contribution in [2.75, 3.05) is 88.8 Å². The van der Waals surface area contributed by atoms with E-state index in [1.807, 2.05) is 24.3 Å². The van der Waals surface area contributed by atoms with Crippen molar-refractivity contribution in [3.05, 3.63) is 49.1 Å². The highest BCUT2D eigenvalue weighted by atomic mass is 16.5. The number of hydrogen-bond acceptors (Lipinski definition) is 8. The second-order valence-corrected chi connectivity index (χ2v) is 6.83. The van der Waals surface area contributed by atoms with Crippen LogP contribution in [0.25, 0.3) is 0 Å². The van der Waals surface area contributed by atoms with E-state index >= 15 is 0 Å². The van der Waals surface area contributed by atoms with Gasteiger partial charge >= 0.3 is 0 Å². The van der Waals surface area contributed by atoms with Crippen molar-refractivity contribution < 1.29 is 18.9 Å². The van der Waals surface area contributed by atoms with Gasteiger partial charge in [-0.05, 0) is 24.3 Å². The van der Waals surface area contributed by atoms with Crippen molar-refractivity contribution in [3.8, 4) is 0 Å². The minimum Gasteiger partial charge on any atom is -0.377 e. The molecule has 0 aliphatic carbocycles. The van der Waals surface area contributed by atoms with Gasteiger partial charge in [-0.2, -0.15) is 0 Å². The van der Waals surface area contributed by atoms with Gasteiger partial charge in [0.1, 0.15) is 0 Å². The van der Waals surface area contributed by atoms with Gasteiger partial charge in [0.25, 0.3) is 0 Å². The highest BCUT2D eigenvalue weighted by molar-refractivity contribution is 5.45. The molecule has 0 N–H and O–H groups in total. The number of ether oxygens (including phenoxy) is 4. The smallest absolute Gasteiger partial charge is 0.0701 e. The summed E-state index contributed by atoms with van der Waals surface area (Å²) < 4.78 is 23.1. The number of rotatable bonds is 2. The van der Waals surface area contributed by atoms with Gasteiger partial charge in [-0.15, -0.1) is 0 Å². The fraction of sp³-hybridized carbons (Fsp3) is 0.545. The normalized spacial score (nSPS) is 19.1. The van der Waals surface area contributed by atoms with Gasteiger partial charge in [0.2, 0.25) is 0 Å². The number of anilines is 2. The molecule has 1 aliphatic heterocycles. The lowest BCUT2D eigenvalue weighted by molar-refractivity contribution is 0.0436. The van der Waals surface area contributed by atoms with Crippen LogP contribution in [0, 0.1) is 0 Å². The first kappa shape index (κ1) is 22.4. The topological polar surface area (TPSA) is 69.2 Å². The van der Waals surface area contributed by atoms with Crippen LogP contribution in [-0.4, -0.2) is 89.0 Å². The summed E-state index contributed by atoms with van der Waals surface area (Å²) >= 11 is 0. The molecule has 0 amide bonds. The maximum atomic E-state index is 5.78. The Morgan fingerprint density at radius 1 is 0.467 bits per heavy atom. The van der Waals surface area contributed by atoms with Gasteiger partial charge in [0.05, 0.1) is 52.9 Å². The first-order valence-corrected chi connectivity index (χ1v) is 10.5. The molecule has 0 unspecified atom stereocenters. The van der Waals surface area contributed by atoms with Crippen LogP contribution < -0.4 is 9.80 Å². The van der Waals surface area contributed by atoms with E-state index in [-0.39, 0.29) is 0 Å². The lowest BCUT2D eigenvalue weighted by atomic mass is 10.3. The maximum absolute atomic E-state index is 5.78. The fourth-order valence-corrected chi connectivity index (χ4v) is 3.19. The highest BCUT2D eigenvalue weighted by Crippen LogP contribution is 2.12. The maximum Gasteiger partial charge on any atom is 0.0701 e. The molecule has 3 heterocycles. The third kappa shape index (κ3) is 8.23. The molecule has 0 bridgehead atoms. The molecule has 0 aromatic carbocycles. The molecule has 1 fully saturated rings. The Bertz CT molecular complexity index is 598. The highest BCUT2D eigenvalue weighted by Gasteiger charge is 2.08. The zero-order valence-corrected chi connectivity index (χ0v) is 17.5. The van der Waals surface area contributed by atoms with E-state index in [2.05, 4.69) is 19.8 Å². The zero-order valence-electron chi connectivity index (χ0n) is 17.5. The molecule has 8 nitrogen and oxygen atoms in total. The average Bonchev–Trinajstić information content (AvgIpc) is 2.80. The average molecular weight is 417 g/mol. The Labute approximate surface area is 178 Å². The van der Waals surface area contributed by atoms with Crippen LogP contribution in [0.5, 0.6) is 0 Å². The van der Waals surface area contributed by atoms with E-state index < -0.39 is 0 Å². The van der Waals surface area contributed by atoms with Crippen LogP contribution in [0.1, 0.15) is 0 Å². The van der Waals surface area contributed by atoms with Crippen molar-refractivity contribution in [1.29, 1.82) is 0 Å². The molecule has 30 heavy (non-hydrogen) atoms. The van der Waals surface area contributed by atoms with Gasteiger partial charge in [0.15, 0.2) is 0 Å². The monoisotopic (exact) mass is 416 g/mol. The molecule has 2 aromatic heterocycles. The first-order chi connectivity index (χ1) is 14.9. The molecule has 0 radical (unpaired) electrons. The van der Waals surface area contributed by atoms with Crippen LogP contribution in [0.4, 0.5) is 11.4 Å². The van der Waals surface area contributed by atoms with Gasteiger partial charge in [-0.1, -0.05) is 0 Å². The molecular formula is C22H32N4O4. The Morgan fingerprint density at radius 3 is 1.07 bits per heavy atom. The molecule has 1 saturated heterocycles. The molecule has 2 aromatic rings. The minimum absolute atomic E-state index is 0.582. The standard InChI is InChI=1S/C22H32N4O4/c1-5-23-6-2-21(1)25-9-13-27-17-19-29-15-11-26(22-3-7-24-8-4-22)12-16-30-20-18-28-14-10-25/h1-8H,9-20H2. The first-order valence-electron chi connectivity index (χ1n) is 10.5. The zero-order chi connectivity index (χ0) is 20.7. The van der Waals surface area contributed by atoms with E-state index in [0.29, 0.717) is 52.9 Å². The lowest BCUT2D eigenvalue weighted by Crippen LogP contribution is -2.33. The predicted octanol–water partition coefficient (Wildman–Crippen LogP) is 1.87. The third-order valence-electron chi connectivity index (χ3n) is 4.82. The quantitative estimate of drug-likeness (QED) is 0.735. The summed E-state index contributed by atoms with van der Waals surface area (Å²) in [4.78, 5) is 12.7. The van der Waals surface area contributed by atoms with Crippen molar-refractivity contribution >= 4 is 11.4 Å². The van der Waals surface area contributed by atoms with Crippen LogP contribution in [0.2, 0.25) is 0 Å². The Hall–Kier alpha value is -2.26. The SMILES string of the molecule is c1cc(N2CCOCCOCCN(c3ccncc3)CCOCCOCC2)ccn1. The van der Waals surface area contributed by atoms with Crippen molar-refractivity contribution in [2.24, 2.45) is 0 Å². The Balaban J connectivity index is 1.48. The number of nitrogens with zero attached hydrogens (tertiary/aromatic N) is 4. The summed E-state index contributed by atoms with van der Waals surface area (Å²) in [5.74, 6) is 0. The van der Waals surface area contributed by atoms with Crippen LogP contribution in [-0.2, 0) is 18.9 Å². The molecule has 3 rings (SSSR count). The van der Waals surface area contributed by atoms with Gasteiger partial charge in [-0.25, -0.2) is 0 Å².